The second-order valence-corrected chi connectivity index (χ2v) is 13.8. The number of esters is 2. The Labute approximate surface area is 286 Å². The summed E-state index contributed by atoms with van der Waals surface area (Å²) < 4.78 is 10.2. The average Bonchev–Trinajstić information content (AvgIpc) is 3.03. The Morgan fingerprint density at radius 1 is 0.455 bits per heavy atom. The molecule has 0 unspecified atom stereocenters. The molecule has 0 fully saturated rings. The van der Waals surface area contributed by atoms with Crippen molar-refractivity contribution in [1.82, 2.24) is 0 Å². The highest BCUT2D eigenvalue weighted by molar-refractivity contribution is 14.1. The molecule has 0 bridgehead atoms. The van der Waals surface area contributed by atoms with Crippen molar-refractivity contribution in [3.8, 4) is 0 Å². The third-order valence-electron chi connectivity index (χ3n) is 7.95. The molecule has 44 heavy (non-hydrogen) atoms. The quantitative estimate of drug-likeness (QED) is 0.0228. The zero-order valence-corrected chi connectivity index (χ0v) is 30.7. The van der Waals surface area contributed by atoms with Gasteiger partial charge in [-0.25, -0.2) is 0 Å². The van der Waals surface area contributed by atoms with Crippen molar-refractivity contribution in [3.63, 3.8) is 0 Å². The lowest BCUT2D eigenvalue weighted by Crippen LogP contribution is -1.98. The second kappa shape index (κ2) is 36.1. The number of hydrogen-bond donors (Lipinski definition) is 0. The second-order valence-electron chi connectivity index (χ2n) is 12.0. The third kappa shape index (κ3) is 35.1. The van der Waals surface area contributed by atoms with Gasteiger partial charge in [-0.2, -0.15) is 0 Å². The number of unbranched alkanes of at least 4 members (excludes halogenated alkanes) is 16. The molecule has 0 rings (SSSR count). The number of allylic oxidation sites excluding steroid dienone is 8. The van der Waals surface area contributed by atoms with E-state index in [4.69, 9.17) is 0 Å². The van der Waals surface area contributed by atoms with Crippen LogP contribution in [0.4, 0.5) is 0 Å². The molecule has 0 aliphatic heterocycles. The standard InChI is InChI=1S/C39H67IO4/c1-43-38(41)35-31-27-23-19-15-11-7-3-5-9-13-17-21-25-29-33-37(40)34-30-26-22-18-14-10-6-4-8-12-16-20-24-28-32-36-39(42)44-2/h3-4,7-8,15-16,19-20,37H,5-6,9-14,17-18,21-36H2,1-2H3/b7-3-,8-4-,19-15-,20-16-. The van der Waals surface area contributed by atoms with Crippen molar-refractivity contribution in [1.29, 1.82) is 0 Å². The van der Waals surface area contributed by atoms with Crippen LogP contribution in [0.5, 0.6) is 0 Å². The number of methoxy groups -OCH3 is 2. The minimum absolute atomic E-state index is 0.102. The number of alkyl halides is 1. The lowest BCUT2D eigenvalue weighted by atomic mass is 10.0. The van der Waals surface area contributed by atoms with Crippen LogP contribution in [0.1, 0.15) is 167 Å². The van der Waals surface area contributed by atoms with Gasteiger partial charge >= 0.3 is 11.9 Å². The van der Waals surface area contributed by atoms with Crippen LogP contribution in [0.2, 0.25) is 0 Å². The van der Waals surface area contributed by atoms with Crippen LogP contribution < -0.4 is 0 Å². The van der Waals surface area contributed by atoms with E-state index in [1.807, 2.05) is 0 Å². The maximum absolute atomic E-state index is 11.1. The molecule has 0 atom stereocenters. The predicted octanol–water partition coefficient (Wildman–Crippen LogP) is 12.5. The Bertz CT molecular complexity index is 693. The third-order valence-corrected chi connectivity index (χ3v) is 9.19. The largest absolute Gasteiger partial charge is 0.469 e. The summed E-state index contributed by atoms with van der Waals surface area (Å²) in [5, 5.41) is 0. The number of halogens is 1. The first kappa shape index (κ1) is 42.6. The summed E-state index contributed by atoms with van der Waals surface area (Å²) in [4.78, 5) is 22.1. The van der Waals surface area contributed by atoms with Crippen LogP contribution in [-0.2, 0) is 19.1 Å². The molecule has 0 aromatic carbocycles. The molecule has 254 valence electrons. The molecular formula is C39H67IO4. The van der Waals surface area contributed by atoms with Gasteiger partial charge in [0.05, 0.1) is 14.2 Å². The Hall–Kier alpha value is -1.37. The number of carbonyl (C=O) groups is 2. The molecule has 0 amide bonds. The van der Waals surface area contributed by atoms with Crippen molar-refractivity contribution in [2.75, 3.05) is 14.2 Å². The van der Waals surface area contributed by atoms with Crippen molar-refractivity contribution in [2.45, 2.75) is 171 Å². The lowest BCUT2D eigenvalue weighted by molar-refractivity contribution is -0.141. The van der Waals surface area contributed by atoms with Crippen LogP contribution in [0.15, 0.2) is 48.6 Å². The van der Waals surface area contributed by atoms with Gasteiger partial charge in [0.25, 0.3) is 0 Å². The molecule has 5 heteroatoms. The molecule has 0 N–H and O–H groups in total. The first-order valence-electron chi connectivity index (χ1n) is 18.0. The van der Waals surface area contributed by atoms with Gasteiger partial charge in [-0.15, -0.1) is 0 Å². The first-order valence-corrected chi connectivity index (χ1v) is 19.2. The van der Waals surface area contributed by atoms with E-state index < -0.39 is 0 Å². The maximum Gasteiger partial charge on any atom is 0.305 e. The van der Waals surface area contributed by atoms with Crippen molar-refractivity contribution < 1.29 is 19.1 Å². The summed E-state index contributed by atoms with van der Waals surface area (Å²) in [6.45, 7) is 0. The molecule has 0 heterocycles. The highest BCUT2D eigenvalue weighted by Gasteiger charge is 2.04. The zero-order chi connectivity index (χ0) is 32.2. The fourth-order valence-corrected chi connectivity index (χ4v) is 5.98. The average molecular weight is 727 g/mol. The van der Waals surface area contributed by atoms with E-state index in [-0.39, 0.29) is 11.9 Å². The molecule has 0 aliphatic rings. The van der Waals surface area contributed by atoms with Crippen molar-refractivity contribution in [3.05, 3.63) is 48.6 Å². The lowest BCUT2D eigenvalue weighted by Gasteiger charge is -2.09. The van der Waals surface area contributed by atoms with Gasteiger partial charge in [0.1, 0.15) is 0 Å². The Balaban J connectivity index is 3.34. The Morgan fingerprint density at radius 3 is 1.09 bits per heavy atom. The molecular weight excluding hydrogens is 659 g/mol. The molecule has 0 radical (unpaired) electrons. The van der Waals surface area contributed by atoms with Crippen molar-refractivity contribution in [2.24, 2.45) is 0 Å². The summed E-state index contributed by atoms with van der Waals surface area (Å²) >= 11 is 2.69. The van der Waals surface area contributed by atoms with Gasteiger partial charge < -0.3 is 9.47 Å². The highest BCUT2D eigenvalue weighted by atomic mass is 127. The normalized spacial score (nSPS) is 12.1. The van der Waals surface area contributed by atoms with Crippen LogP contribution in [0, 0.1) is 0 Å². The smallest absolute Gasteiger partial charge is 0.305 e. The number of ether oxygens (including phenoxy) is 2. The van der Waals surface area contributed by atoms with E-state index in [2.05, 4.69) is 80.7 Å². The van der Waals surface area contributed by atoms with E-state index in [9.17, 15) is 9.59 Å². The van der Waals surface area contributed by atoms with Gasteiger partial charge in [-0.3, -0.25) is 9.59 Å². The highest BCUT2D eigenvalue weighted by Crippen LogP contribution is 2.20. The van der Waals surface area contributed by atoms with Gasteiger partial charge in [0.15, 0.2) is 0 Å². The van der Waals surface area contributed by atoms with E-state index in [1.54, 1.807) is 0 Å². The number of hydrogen-bond acceptors (Lipinski definition) is 4. The molecule has 0 saturated carbocycles. The number of carbonyl (C=O) groups excluding carboxylic acids is 2. The minimum Gasteiger partial charge on any atom is -0.469 e. The summed E-state index contributed by atoms with van der Waals surface area (Å²) in [5.74, 6) is -0.205. The van der Waals surface area contributed by atoms with E-state index >= 15 is 0 Å². The molecule has 0 saturated heterocycles. The topological polar surface area (TPSA) is 52.6 Å². The summed E-state index contributed by atoms with van der Waals surface area (Å²) in [7, 11) is 2.90. The molecule has 4 nitrogen and oxygen atoms in total. The Kier molecular flexibility index (Phi) is 35.0. The monoisotopic (exact) mass is 726 g/mol. The van der Waals surface area contributed by atoms with E-state index in [1.165, 1.54) is 117 Å². The minimum atomic E-state index is -0.102. The van der Waals surface area contributed by atoms with E-state index in [0.717, 1.165) is 55.3 Å². The fourth-order valence-electron chi connectivity index (χ4n) is 5.10. The summed E-state index contributed by atoms with van der Waals surface area (Å²) in [6, 6.07) is 0. The fraction of sp³-hybridized carbons (Fsp3) is 0.744. The maximum atomic E-state index is 11.1. The zero-order valence-electron chi connectivity index (χ0n) is 28.6. The first-order chi connectivity index (χ1) is 21.6. The molecule has 0 aromatic rings. The predicted molar refractivity (Wildman–Crippen MR) is 198 cm³/mol. The van der Waals surface area contributed by atoms with Gasteiger partial charge in [-0.1, -0.05) is 135 Å². The SMILES string of the molecule is COC(=O)CCCC/C=C\C/C=C\CCCCCCCCC(I)CCCCCCCC/C=C\C/C=C\CCCCC(=O)OC. The van der Waals surface area contributed by atoms with Crippen LogP contribution in [-0.4, -0.2) is 30.1 Å². The molecule has 0 spiro atoms. The van der Waals surface area contributed by atoms with Crippen molar-refractivity contribution >= 4 is 34.5 Å². The van der Waals surface area contributed by atoms with E-state index in [0.29, 0.717) is 12.8 Å². The number of rotatable bonds is 32. The van der Waals surface area contributed by atoms with Gasteiger partial charge in [0, 0.05) is 16.8 Å². The van der Waals surface area contributed by atoms with Gasteiger partial charge in [-0.05, 0) is 89.9 Å². The summed E-state index contributed by atoms with van der Waals surface area (Å²) in [6.07, 6.45) is 49.1. The molecule has 0 aromatic heterocycles. The van der Waals surface area contributed by atoms with Crippen LogP contribution in [0.25, 0.3) is 0 Å². The molecule has 0 aliphatic carbocycles. The van der Waals surface area contributed by atoms with Crippen LogP contribution in [0.3, 0.4) is 0 Å². The summed E-state index contributed by atoms with van der Waals surface area (Å²) in [5.41, 5.74) is 0. The van der Waals surface area contributed by atoms with Gasteiger partial charge in [0.2, 0.25) is 0 Å². The van der Waals surface area contributed by atoms with Crippen LogP contribution >= 0.6 is 22.6 Å². The Morgan fingerprint density at radius 2 is 0.750 bits per heavy atom.